The molecule has 0 aliphatic heterocycles. The predicted octanol–water partition coefficient (Wildman–Crippen LogP) is 3.18. The van der Waals surface area contributed by atoms with Gasteiger partial charge in [-0.2, -0.15) is 0 Å². The topological polar surface area (TPSA) is 126 Å². The predicted molar refractivity (Wildman–Crippen MR) is 97.6 cm³/mol. The van der Waals surface area contributed by atoms with Crippen molar-refractivity contribution in [2.75, 3.05) is 0 Å². The monoisotopic (exact) mass is 411 g/mol. The molecule has 1 aromatic carbocycles. The van der Waals surface area contributed by atoms with E-state index in [1.807, 2.05) is 0 Å². The van der Waals surface area contributed by atoms with Gasteiger partial charge >= 0.3 is 0 Å². The van der Waals surface area contributed by atoms with Crippen molar-refractivity contribution in [2.45, 2.75) is 4.90 Å². The van der Waals surface area contributed by atoms with Gasteiger partial charge in [-0.3, -0.25) is 0 Å². The van der Waals surface area contributed by atoms with Gasteiger partial charge in [-0.15, -0.1) is 0 Å². The van der Waals surface area contributed by atoms with Gasteiger partial charge < -0.3 is 10.2 Å². The van der Waals surface area contributed by atoms with Crippen molar-refractivity contribution >= 4 is 33.2 Å². The fraction of sp³-hybridized carbons (Fsp3) is 0. The normalized spacial score (nSPS) is 11.5. The Bertz CT molecular complexity index is 1050. The van der Waals surface area contributed by atoms with Crippen LogP contribution in [0.3, 0.4) is 0 Å². The largest absolute Gasteiger partial charge is 0.504 e. The standard InChI is InChI=1S/C16H11Cl2N3O4S/c17-15-13(22)11(1-3-20-15)8-5-9(7-10(6-8)26(19,24)25)12-2-4-21-16(18)14(12)23/h1-7,22-23H,(H2,19,24,25). The van der Waals surface area contributed by atoms with Crippen LogP contribution in [-0.2, 0) is 10.0 Å². The van der Waals surface area contributed by atoms with Crippen LogP contribution < -0.4 is 5.14 Å². The second-order valence-corrected chi connectivity index (χ2v) is 7.56. The van der Waals surface area contributed by atoms with Gasteiger partial charge in [0.1, 0.15) is 0 Å². The molecule has 0 amide bonds. The van der Waals surface area contributed by atoms with Gasteiger partial charge in [0.2, 0.25) is 10.0 Å². The molecule has 2 aromatic heterocycles. The van der Waals surface area contributed by atoms with Crippen LogP contribution in [0.1, 0.15) is 0 Å². The Hall–Kier alpha value is -2.39. The number of halogens is 2. The van der Waals surface area contributed by atoms with E-state index in [1.165, 1.54) is 36.7 Å². The van der Waals surface area contributed by atoms with Crippen molar-refractivity contribution < 1.29 is 18.6 Å². The van der Waals surface area contributed by atoms with Crippen LogP contribution >= 0.6 is 23.2 Å². The van der Waals surface area contributed by atoms with Gasteiger partial charge in [0.05, 0.1) is 4.90 Å². The molecule has 0 saturated heterocycles. The van der Waals surface area contributed by atoms with Gasteiger partial charge in [-0.05, 0) is 41.5 Å². The highest BCUT2D eigenvalue weighted by molar-refractivity contribution is 7.89. The van der Waals surface area contributed by atoms with Crippen molar-refractivity contribution in [3.63, 3.8) is 0 Å². The number of aromatic hydroxyl groups is 2. The van der Waals surface area contributed by atoms with Crippen molar-refractivity contribution in [3.05, 3.63) is 53.0 Å². The number of hydrogen-bond acceptors (Lipinski definition) is 6. The third-order valence-corrected chi connectivity index (χ3v) is 5.06. The first-order valence-electron chi connectivity index (χ1n) is 7.04. The molecule has 3 rings (SSSR count). The first kappa shape index (κ1) is 18.4. The van der Waals surface area contributed by atoms with Crippen LogP contribution in [0.4, 0.5) is 0 Å². The number of hydrogen-bond donors (Lipinski definition) is 3. The van der Waals surface area contributed by atoms with Crippen LogP contribution in [0.25, 0.3) is 22.3 Å². The average molecular weight is 412 g/mol. The summed E-state index contributed by atoms with van der Waals surface area (Å²) in [5.74, 6) is -0.632. The van der Waals surface area contributed by atoms with E-state index in [4.69, 9.17) is 28.3 Å². The summed E-state index contributed by atoms with van der Waals surface area (Å²) in [5, 5.41) is 25.3. The fourth-order valence-corrected chi connectivity index (χ4v) is 3.30. The number of sulfonamides is 1. The molecule has 0 unspecified atom stereocenters. The summed E-state index contributed by atoms with van der Waals surface area (Å²) in [6, 6.07) is 7.04. The maximum absolute atomic E-state index is 11.9. The average Bonchev–Trinajstić information content (AvgIpc) is 2.58. The van der Waals surface area contributed by atoms with Crippen LogP contribution in [0, 0.1) is 0 Å². The van der Waals surface area contributed by atoms with Crippen LogP contribution in [0.2, 0.25) is 10.3 Å². The highest BCUT2D eigenvalue weighted by Crippen LogP contribution is 2.39. The molecule has 4 N–H and O–H groups in total. The quantitative estimate of drug-likeness (QED) is 0.568. The Labute approximate surface area is 158 Å². The van der Waals surface area contributed by atoms with E-state index >= 15 is 0 Å². The molecule has 7 nitrogen and oxygen atoms in total. The Morgan fingerprint density at radius 2 is 1.27 bits per heavy atom. The van der Waals surface area contributed by atoms with Gasteiger partial charge in [-0.25, -0.2) is 23.5 Å². The van der Waals surface area contributed by atoms with E-state index < -0.39 is 10.0 Å². The van der Waals surface area contributed by atoms with Crippen LogP contribution in [0.5, 0.6) is 11.5 Å². The fourth-order valence-electron chi connectivity index (χ4n) is 2.40. The minimum Gasteiger partial charge on any atom is -0.504 e. The van der Waals surface area contributed by atoms with E-state index in [1.54, 1.807) is 6.07 Å². The number of primary sulfonamides is 1. The molecular formula is C16H11Cl2N3O4S. The lowest BCUT2D eigenvalue weighted by atomic mass is 9.99. The molecule has 0 aliphatic rings. The van der Waals surface area contributed by atoms with E-state index in [9.17, 15) is 18.6 Å². The first-order valence-corrected chi connectivity index (χ1v) is 9.34. The summed E-state index contributed by atoms with van der Waals surface area (Å²) < 4.78 is 23.8. The van der Waals surface area contributed by atoms with Crippen molar-refractivity contribution in [2.24, 2.45) is 5.14 Å². The number of nitrogens with two attached hydrogens (primary N) is 1. The molecular weight excluding hydrogens is 401 g/mol. The van der Waals surface area contributed by atoms with Gasteiger partial charge in [0.15, 0.2) is 21.8 Å². The molecule has 2 heterocycles. The maximum atomic E-state index is 11.9. The number of pyridine rings is 2. The first-order chi connectivity index (χ1) is 12.2. The molecule has 0 radical (unpaired) electrons. The second kappa shape index (κ2) is 6.73. The number of aromatic nitrogens is 2. The summed E-state index contributed by atoms with van der Waals surface area (Å²) in [7, 11) is -4.07. The summed E-state index contributed by atoms with van der Waals surface area (Å²) in [6.07, 6.45) is 2.73. The summed E-state index contributed by atoms with van der Waals surface area (Å²) in [6.45, 7) is 0. The molecule has 0 fully saturated rings. The molecule has 0 atom stereocenters. The third kappa shape index (κ3) is 3.45. The molecule has 10 heteroatoms. The van der Waals surface area contributed by atoms with Crippen LogP contribution in [-0.4, -0.2) is 28.6 Å². The zero-order valence-electron chi connectivity index (χ0n) is 12.9. The Kier molecular flexibility index (Phi) is 4.76. The SMILES string of the molecule is NS(=O)(=O)c1cc(-c2ccnc(Cl)c2O)cc(-c2ccnc(Cl)c2O)c1. The lowest BCUT2D eigenvalue weighted by molar-refractivity contribution is 0.475. The zero-order valence-corrected chi connectivity index (χ0v) is 15.2. The molecule has 3 aromatic rings. The summed E-state index contributed by atoms with van der Waals surface area (Å²) in [5.41, 5.74) is 1.11. The summed E-state index contributed by atoms with van der Waals surface area (Å²) >= 11 is 11.7. The molecule has 0 saturated carbocycles. The third-order valence-electron chi connectivity index (χ3n) is 3.62. The van der Waals surface area contributed by atoms with Crippen molar-refractivity contribution in [3.8, 4) is 33.8 Å². The smallest absolute Gasteiger partial charge is 0.238 e. The van der Waals surface area contributed by atoms with Crippen molar-refractivity contribution in [1.29, 1.82) is 0 Å². The van der Waals surface area contributed by atoms with E-state index in [0.717, 1.165) is 0 Å². The van der Waals surface area contributed by atoms with Gasteiger partial charge in [0.25, 0.3) is 0 Å². The van der Waals surface area contributed by atoms with Crippen molar-refractivity contribution in [1.82, 2.24) is 9.97 Å². The molecule has 0 spiro atoms. The lowest BCUT2D eigenvalue weighted by Crippen LogP contribution is -2.12. The summed E-state index contributed by atoms with van der Waals surface area (Å²) in [4.78, 5) is 7.28. The van der Waals surface area contributed by atoms with E-state index in [2.05, 4.69) is 9.97 Å². The Morgan fingerprint density at radius 3 is 1.65 bits per heavy atom. The maximum Gasteiger partial charge on any atom is 0.238 e. The minimum atomic E-state index is -4.07. The van der Waals surface area contributed by atoms with Gasteiger partial charge in [0, 0.05) is 23.5 Å². The lowest BCUT2D eigenvalue weighted by Gasteiger charge is -2.12. The Morgan fingerprint density at radius 1 is 0.846 bits per heavy atom. The second-order valence-electron chi connectivity index (χ2n) is 5.29. The van der Waals surface area contributed by atoms with E-state index in [0.29, 0.717) is 11.1 Å². The number of nitrogens with zero attached hydrogens (tertiary/aromatic N) is 2. The van der Waals surface area contributed by atoms with Gasteiger partial charge in [-0.1, -0.05) is 23.2 Å². The highest BCUT2D eigenvalue weighted by Gasteiger charge is 2.18. The number of rotatable bonds is 3. The Balaban J connectivity index is 2.33. The minimum absolute atomic E-state index is 0.139. The molecule has 0 aliphatic carbocycles. The zero-order chi connectivity index (χ0) is 19.1. The van der Waals surface area contributed by atoms with Crippen LogP contribution in [0.15, 0.2) is 47.6 Å². The molecule has 0 bridgehead atoms. The number of benzene rings is 1. The molecule has 134 valence electrons. The molecule has 26 heavy (non-hydrogen) atoms. The highest BCUT2D eigenvalue weighted by atomic mass is 35.5. The van der Waals surface area contributed by atoms with E-state index in [-0.39, 0.29) is 37.8 Å².